The van der Waals surface area contributed by atoms with Crippen LogP contribution in [0.5, 0.6) is 5.75 Å². The van der Waals surface area contributed by atoms with Gasteiger partial charge in [0, 0.05) is 49.4 Å². The maximum Gasteiger partial charge on any atom is 0.275 e. The molecular weight excluding hydrogens is 438 g/mol. The Morgan fingerprint density at radius 3 is 2.45 bits per heavy atom. The molecule has 0 saturated carbocycles. The molecule has 0 unspecified atom stereocenters. The number of para-hydroxylation sites is 1. The summed E-state index contributed by atoms with van der Waals surface area (Å²) < 4.78 is 9.43. The number of fused-ring (bicyclic) bond motifs is 1. The molecule has 2 amide bonds. The first-order valence-electron chi connectivity index (χ1n) is 10.7. The van der Waals surface area contributed by atoms with Gasteiger partial charge < -0.3 is 19.4 Å². The molecule has 168 valence electrons. The van der Waals surface area contributed by atoms with Crippen molar-refractivity contribution in [2.45, 2.75) is 0 Å². The van der Waals surface area contributed by atoms with Crippen LogP contribution in [0, 0.1) is 0 Å². The number of anilines is 2. The lowest BCUT2D eigenvalue weighted by molar-refractivity contribution is 0.0532. The van der Waals surface area contributed by atoms with E-state index in [9.17, 15) is 9.59 Å². The van der Waals surface area contributed by atoms with Crippen molar-refractivity contribution >= 4 is 40.8 Å². The number of piperazine rings is 1. The van der Waals surface area contributed by atoms with Crippen LogP contribution in [0.25, 0.3) is 6.08 Å². The minimum atomic E-state index is -0.141. The fourth-order valence-corrected chi connectivity index (χ4v) is 4.66. The Morgan fingerprint density at radius 1 is 0.970 bits per heavy atom. The summed E-state index contributed by atoms with van der Waals surface area (Å²) in [5, 5.41) is 5.49. The molecule has 2 aliphatic rings. The largest absolute Gasteiger partial charge is 0.495 e. The maximum atomic E-state index is 13.2. The molecule has 1 aromatic heterocycles. The van der Waals surface area contributed by atoms with Gasteiger partial charge in [-0.05, 0) is 41.4 Å². The fourth-order valence-electron chi connectivity index (χ4n) is 4.23. The van der Waals surface area contributed by atoms with Crippen LogP contribution in [-0.2, 0) is 0 Å². The second kappa shape index (κ2) is 9.03. The quantitative estimate of drug-likeness (QED) is 0.593. The highest BCUT2D eigenvalue weighted by Crippen LogP contribution is 2.38. The van der Waals surface area contributed by atoms with E-state index in [0.29, 0.717) is 43.2 Å². The predicted octanol–water partition coefficient (Wildman–Crippen LogP) is 3.31. The molecular formula is C24H23N5O3S. The van der Waals surface area contributed by atoms with E-state index < -0.39 is 0 Å². The number of rotatable bonds is 4. The van der Waals surface area contributed by atoms with Crippen molar-refractivity contribution in [3.05, 3.63) is 70.7 Å². The first-order chi connectivity index (χ1) is 16.2. The molecule has 1 saturated heterocycles. The molecule has 0 radical (unpaired) electrons. The average Bonchev–Trinajstić information content (AvgIpc) is 3.42. The van der Waals surface area contributed by atoms with Gasteiger partial charge in [0.15, 0.2) is 5.69 Å². The smallest absolute Gasteiger partial charge is 0.275 e. The molecule has 2 aliphatic heterocycles. The second-order valence-electron chi connectivity index (χ2n) is 7.83. The van der Waals surface area contributed by atoms with Gasteiger partial charge in [0.1, 0.15) is 5.75 Å². The van der Waals surface area contributed by atoms with Gasteiger partial charge in [0.05, 0.1) is 12.8 Å². The Kier molecular flexibility index (Phi) is 5.78. The molecule has 2 aromatic carbocycles. The molecule has 0 aliphatic carbocycles. The number of aromatic nitrogens is 2. The lowest BCUT2D eigenvalue weighted by atomic mass is 10.1. The van der Waals surface area contributed by atoms with Crippen molar-refractivity contribution in [2.24, 2.45) is 0 Å². The predicted molar refractivity (Wildman–Crippen MR) is 127 cm³/mol. The third kappa shape index (κ3) is 4.07. The molecule has 0 N–H and O–H groups in total. The first kappa shape index (κ1) is 21.1. The number of nitrogens with zero attached hydrogens (tertiary/aromatic N) is 5. The van der Waals surface area contributed by atoms with Crippen molar-refractivity contribution in [3.63, 3.8) is 0 Å². The van der Waals surface area contributed by atoms with Crippen LogP contribution >= 0.6 is 11.5 Å². The van der Waals surface area contributed by atoms with Crippen molar-refractivity contribution in [1.82, 2.24) is 19.4 Å². The molecule has 0 bridgehead atoms. The minimum absolute atomic E-state index is 0.0683. The summed E-state index contributed by atoms with van der Waals surface area (Å²) in [7, 11) is 1.62. The van der Waals surface area contributed by atoms with Crippen molar-refractivity contribution in [1.29, 1.82) is 0 Å². The molecule has 0 spiro atoms. The Bertz CT molecular complexity index is 1200. The molecule has 9 heteroatoms. The number of hydrogen-bond donors (Lipinski definition) is 0. The Morgan fingerprint density at radius 2 is 1.73 bits per heavy atom. The van der Waals surface area contributed by atoms with Gasteiger partial charge in [0.25, 0.3) is 11.8 Å². The Balaban J connectivity index is 1.31. The van der Waals surface area contributed by atoms with Crippen LogP contribution in [0.15, 0.2) is 53.9 Å². The van der Waals surface area contributed by atoms with Crippen LogP contribution in [0.4, 0.5) is 11.4 Å². The van der Waals surface area contributed by atoms with Gasteiger partial charge in [-0.25, -0.2) is 0 Å². The minimum Gasteiger partial charge on any atom is -0.495 e. The van der Waals surface area contributed by atoms with E-state index in [-0.39, 0.29) is 11.8 Å². The summed E-state index contributed by atoms with van der Waals surface area (Å²) in [4.78, 5) is 31.3. The monoisotopic (exact) mass is 461 g/mol. The van der Waals surface area contributed by atoms with E-state index in [4.69, 9.17) is 4.74 Å². The molecule has 0 atom stereocenters. The third-order valence-electron chi connectivity index (χ3n) is 5.96. The van der Waals surface area contributed by atoms with Crippen molar-refractivity contribution < 1.29 is 14.3 Å². The molecule has 8 nitrogen and oxygen atoms in total. The lowest BCUT2D eigenvalue weighted by Crippen LogP contribution is -2.50. The summed E-state index contributed by atoms with van der Waals surface area (Å²) in [6, 6.07) is 13.8. The Labute approximate surface area is 195 Å². The Hall–Kier alpha value is -3.72. The summed E-state index contributed by atoms with van der Waals surface area (Å²) in [6.45, 7) is 2.60. The number of benzene rings is 2. The number of methoxy groups -OCH3 is 1. The zero-order valence-electron chi connectivity index (χ0n) is 18.2. The maximum absolute atomic E-state index is 13.2. The topological polar surface area (TPSA) is 78.9 Å². The van der Waals surface area contributed by atoms with E-state index in [2.05, 4.69) is 38.8 Å². The van der Waals surface area contributed by atoms with E-state index in [0.717, 1.165) is 35.0 Å². The normalized spacial score (nSPS) is 15.4. The van der Waals surface area contributed by atoms with Gasteiger partial charge in [0.2, 0.25) is 0 Å². The van der Waals surface area contributed by atoms with Crippen LogP contribution in [0.1, 0.15) is 26.4 Å². The van der Waals surface area contributed by atoms with E-state index in [1.807, 2.05) is 24.3 Å². The van der Waals surface area contributed by atoms with Gasteiger partial charge >= 0.3 is 0 Å². The van der Waals surface area contributed by atoms with Gasteiger partial charge in [-0.2, -0.15) is 0 Å². The van der Waals surface area contributed by atoms with Crippen LogP contribution in [-0.4, -0.2) is 71.0 Å². The standard InChI is InChI=1S/C24H23N5O3S/c1-32-22-15-18(8-9-21(22)29-10-4-6-17-5-2-3-7-20(17)29)23(30)27-11-13-28(14-12-27)24(31)19-16-33-26-25-19/h2-9,15-16H,10-14H2,1H3. The van der Waals surface area contributed by atoms with Gasteiger partial charge in [-0.3, -0.25) is 9.59 Å². The molecule has 33 heavy (non-hydrogen) atoms. The number of hydrogen-bond acceptors (Lipinski definition) is 7. The zero-order valence-corrected chi connectivity index (χ0v) is 19.0. The highest BCUT2D eigenvalue weighted by atomic mass is 32.1. The summed E-state index contributed by atoms with van der Waals surface area (Å²) in [5.41, 5.74) is 4.09. The van der Waals surface area contributed by atoms with Gasteiger partial charge in [-0.1, -0.05) is 34.8 Å². The first-order valence-corrected chi connectivity index (χ1v) is 11.6. The number of ether oxygens (including phenoxy) is 1. The lowest BCUT2D eigenvalue weighted by Gasteiger charge is -2.34. The van der Waals surface area contributed by atoms with Gasteiger partial charge in [-0.15, -0.1) is 5.10 Å². The van der Waals surface area contributed by atoms with Crippen molar-refractivity contribution in [2.75, 3.05) is 44.7 Å². The third-order valence-corrected chi connectivity index (χ3v) is 6.47. The molecule has 3 heterocycles. The fraction of sp³-hybridized carbons (Fsp3) is 0.250. The van der Waals surface area contributed by atoms with Crippen molar-refractivity contribution in [3.8, 4) is 5.75 Å². The van der Waals surface area contributed by atoms with E-state index in [1.54, 1.807) is 28.4 Å². The highest BCUT2D eigenvalue weighted by molar-refractivity contribution is 7.03. The van der Waals surface area contributed by atoms with E-state index >= 15 is 0 Å². The van der Waals surface area contributed by atoms with Crippen LogP contribution in [0.2, 0.25) is 0 Å². The SMILES string of the molecule is COc1cc(C(=O)N2CCN(C(=O)c3csnn3)CC2)ccc1N1CC=Cc2ccccc21. The van der Waals surface area contributed by atoms with Crippen LogP contribution < -0.4 is 9.64 Å². The number of carbonyl (C=O) groups excluding carboxylic acids is 2. The molecule has 3 aromatic rings. The average molecular weight is 462 g/mol. The van der Waals surface area contributed by atoms with E-state index in [1.165, 1.54) is 0 Å². The number of carbonyl (C=O) groups is 2. The second-order valence-corrected chi connectivity index (χ2v) is 8.44. The molecule has 5 rings (SSSR count). The zero-order chi connectivity index (χ0) is 22.8. The summed E-state index contributed by atoms with van der Waals surface area (Å²) in [6.07, 6.45) is 4.23. The number of amides is 2. The summed E-state index contributed by atoms with van der Waals surface area (Å²) in [5.74, 6) is 0.440. The molecule has 1 fully saturated rings. The summed E-state index contributed by atoms with van der Waals surface area (Å²) >= 11 is 1.15. The highest BCUT2D eigenvalue weighted by Gasteiger charge is 2.27. The van der Waals surface area contributed by atoms with Crippen LogP contribution in [0.3, 0.4) is 0 Å².